The van der Waals surface area contributed by atoms with Crippen LogP contribution in [-0.2, 0) is 0 Å². The van der Waals surface area contributed by atoms with Crippen LogP contribution < -0.4 is 0 Å². The number of para-hydroxylation sites is 1. The maximum atomic E-state index is 11.3. The summed E-state index contributed by atoms with van der Waals surface area (Å²) in [5.74, 6) is 0. The molecule has 2 heterocycles. The van der Waals surface area contributed by atoms with Crippen LogP contribution in [0.15, 0.2) is 65.2 Å². The Morgan fingerprint density at radius 3 is 2.67 bits per heavy atom. The molecule has 3 heteroatoms. The molecule has 0 spiro atoms. The van der Waals surface area contributed by atoms with Crippen LogP contribution in [0.2, 0.25) is 0 Å². The fourth-order valence-corrected chi connectivity index (χ4v) is 2.68. The lowest BCUT2D eigenvalue weighted by Crippen LogP contribution is -1.87. The van der Waals surface area contributed by atoms with Gasteiger partial charge in [0.05, 0.1) is 0 Å². The van der Waals surface area contributed by atoms with Crippen LogP contribution in [-0.4, -0.2) is 11.3 Å². The first-order chi connectivity index (χ1) is 10.4. The molecule has 2 aromatic carbocycles. The number of rotatable bonds is 2. The van der Waals surface area contributed by atoms with Crippen LogP contribution >= 0.6 is 0 Å². The van der Waals surface area contributed by atoms with Crippen molar-refractivity contribution in [2.24, 2.45) is 0 Å². The molecule has 21 heavy (non-hydrogen) atoms. The molecular formula is C18H11NO2. The molecule has 0 aliphatic heterocycles. The van der Waals surface area contributed by atoms with Gasteiger partial charge in [-0.3, -0.25) is 9.78 Å². The zero-order valence-electron chi connectivity index (χ0n) is 11.1. The maximum Gasteiger partial charge on any atom is 0.153 e. The zero-order chi connectivity index (χ0) is 14.2. The Morgan fingerprint density at radius 2 is 1.76 bits per heavy atom. The first kappa shape index (κ1) is 11.9. The number of aldehydes is 1. The molecule has 0 bridgehead atoms. The standard InChI is InChI=1S/C18H11NO2/c20-11-12-5-1-2-6-13(12)14-7-3-8-15-17-16(21-18(14)15)9-4-10-19-17/h1-11H. The van der Waals surface area contributed by atoms with Gasteiger partial charge in [-0.05, 0) is 23.8 Å². The lowest BCUT2D eigenvalue weighted by atomic mass is 9.99. The van der Waals surface area contributed by atoms with Crippen molar-refractivity contribution in [2.45, 2.75) is 0 Å². The van der Waals surface area contributed by atoms with Gasteiger partial charge in [-0.1, -0.05) is 36.4 Å². The van der Waals surface area contributed by atoms with Crippen molar-refractivity contribution in [3.05, 3.63) is 66.4 Å². The number of furan rings is 1. The molecule has 3 nitrogen and oxygen atoms in total. The van der Waals surface area contributed by atoms with Crippen molar-refractivity contribution >= 4 is 28.4 Å². The number of carbonyl (C=O) groups is 1. The number of benzene rings is 2. The van der Waals surface area contributed by atoms with Gasteiger partial charge in [0.2, 0.25) is 0 Å². The van der Waals surface area contributed by atoms with Gasteiger partial charge >= 0.3 is 0 Å². The van der Waals surface area contributed by atoms with Crippen LogP contribution in [0.5, 0.6) is 0 Å². The van der Waals surface area contributed by atoms with Crippen molar-refractivity contribution in [2.75, 3.05) is 0 Å². The minimum absolute atomic E-state index is 0.651. The van der Waals surface area contributed by atoms with E-state index in [2.05, 4.69) is 4.98 Å². The van der Waals surface area contributed by atoms with Crippen molar-refractivity contribution in [1.82, 2.24) is 4.98 Å². The summed E-state index contributed by atoms with van der Waals surface area (Å²) in [6.45, 7) is 0. The average molecular weight is 273 g/mol. The maximum absolute atomic E-state index is 11.3. The quantitative estimate of drug-likeness (QED) is 0.506. The number of carbonyl (C=O) groups excluding carboxylic acids is 1. The molecule has 0 amide bonds. The van der Waals surface area contributed by atoms with Crippen LogP contribution in [0.4, 0.5) is 0 Å². The highest BCUT2D eigenvalue weighted by atomic mass is 16.3. The highest BCUT2D eigenvalue weighted by molar-refractivity contribution is 6.08. The second kappa shape index (κ2) is 4.56. The zero-order valence-corrected chi connectivity index (χ0v) is 11.1. The summed E-state index contributed by atoms with van der Waals surface area (Å²) in [6.07, 6.45) is 2.62. The minimum Gasteiger partial charge on any atom is -0.454 e. The van der Waals surface area contributed by atoms with E-state index in [1.165, 1.54) is 0 Å². The Morgan fingerprint density at radius 1 is 0.905 bits per heavy atom. The number of aromatic nitrogens is 1. The minimum atomic E-state index is 0.651. The topological polar surface area (TPSA) is 43.1 Å². The number of hydrogen-bond donors (Lipinski definition) is 0. The van der Waals surface area contributed by atoms with Crippen LogP contribution in [0.3, 0.4) is 0 Å². The number of hydrogen-bond acceptors (Lipinski definition) is 3. The first-order valence-electron chi connectivity index (χ1n) is 6.69. The van der Waals surface area contributed by atoms with E-state index in [1.807, 2.05) is 54.6 Å². The molecule has 0 atom stereocenters. The Kier molecular flexibility index (Phi) is 2.57. The average Bonchev–Trinajstić information content (AvgIpc) is 2.93. The molecule has 0 aliphatic carbocycles. The molecule has 2 aromatic heterocycles. The summed E-state index contributed by atoms with van der Waals surface area (Å²) in [4.78, 5) is 15.6. The lowest BCUT2D eigenvalue weighted by molar-refractivity contribution is 0.112. The van der Waals surface area contributed by atoms with E-state index in [0.29, 0.717) is 5.56 Å². The van der Waals surface area contributed by atoms with E-state index in [4.69, 9.17) is 4.42 Å². The smallest absolute Gasteiger partial charge is 0.153 e. The Bertz CT molecular complexity index is 969. The number of fused-ring (bicyclic) bond motifs is 3. The predicted octanol–water partition coefficient (Wildman–Crippen LogP) is 4.46. The molecule has 0 unspecified atom stereocenters. The molecular weight excluding hydrogens is 262 g/mol. The van der Waals surface area contributed by atoms with Crippen molar-refractivity contribution < 1.29 is 9.21 Å². The van der Waals surface area contributed by atoms with Gasteiger partial charge < -0.3 is 4.42 Å². The van der Waals surface area contributed by atoms with Crippen LogP contribution in [0, 0.1) is 0 Å². The second-order valence-electron chi connectivity index (χ2n) is 4.84. The largest absolute Gasteiger partial charge is 0.454 e. The van der Waals surface area contributed by atoms with Gasteiger partial charge in [0, 0.05) is 22.7 Å². The number of pyridine rings is 1. The van der Waals surface area contributed by atoms with E-state index in [9.17, 15) is 4.79 Å². The predicted molar refractivity (Wildman–Crippen MR) is 82.3 cm³/mol. The highest BCUT2D eigenvalue weighted by Crippen LogP contribution is 2.35. The van der Waals surface area contributed by atoms with Gasteiger partial charge in [-0.2, -0.15) is 0 Å². The van der Waals surface area contributed by atoms with Gasteiger partial charge in [0.15, 0.2) is 11.9 Å². The molecule has 0 saturated heterocycles. The summed E-state index contributed by atoms with van der Waals surface area (Å²) in [5, 5.41) is 0.962. The Balaban J connectivity index is 2.12. The SMILES string of the molecule is O=Cc1ccccc1-c1cccc2c1oc1cccnc12. The molecule has 100 valence electrons. The first-order valence-corrected chi connectivity index (χ1v) is 6.69. The van der Waals surface area contributed by atoms with Crippen LogP contribution in [0.25, 0.3) is 33.2 Å². The Hall–Kier alpha value is -2.94. The van der Waals surface area contributed by atoms with E-state index < -0.39 is 0 Å². The van der Waals surface area contributed by atoms with Gasteiger partial charge in [0.25, 0.3) is 0 Å². The molecule has 0 N–H and O–H groups in total. The van der Waals surface area contributed by atoms with Gasteiger partial charge in [0.1, 0.15) is 11.1 Å². The fraction of sp³-hybridized carbons (Fsp3) is 0. The van der Waals surface area contributed by atoms with Crippen LogP contribution in [0.1, 0.15) is 10.4 Å². The summed E-state index contributed by atoms with van der Waals surface area (Å²) in [6, 6.07) is 17.2. The summed E-state index contributed by atoms with van der Waals surface area (Å²) >= 11 is 0. The third kappa shape index (κ3) is 1.75. The van der Waals surface area contributed by atoms with E-state index in [-0.39, 0.29) is 0 Å². The van der Waals surface area contributed by atoms with E-state index in [1.54, 1.807) is 6.20 Å². The highest BCUT2D eigenvalue weighted by Gasteiger charge is 2.14. The fourth-order valence-electron chi connectivity index (χ4n) is 2.68. The monoisotopic (exact) mass is 273 g/mol. The van der Waals surface area contributed by atoms with Gasteiger partial charge in [-0.25, -0.2) is 0 Å². The third-order valence-electron chi connectivity index (χ3n) is 3.63. The van der Waals surface area contributed by atoms with Crippen molar-refractivity contribution in [3.63, 3.8) is 0 Å². The van der Waals surface area contributed by atoms with E-state index >= 15 is 0 Å². The molecule has 4 rings (SSSR count). The van der Waals surface area contributed by atoms with Crippen molar-refractivity contribution in [1.29, 1.82) is 0 Å². The summed E-state index contributed by atoms with van der Waals surface area (Å²) in [7, 11) is 0. The van der Waals surface area contributed by atoms with E-state index in [0.717, 1.165) is 39.5 Å². The molecule has 0 saturated carbocycles. The van der Waals surface area contributed by atoms with Gasteiger partial charge in [-0.15, -0.1) is 0 Å². The van der Waals surface area contributed by atoms with Crippen molar-refractivity contribution in [3.8, 4) is 11.1 Å². The second-order valence-corrected chi connectivity index (χ2v) is 4.84. The third-order valence-corrected chi connectivity index (χ3v) is 3.63. The molecule has 4 aromatic rings. The lowest BCUT2D eigenvalue weighted by Gasteiger charge is -2.05. The summed E-state index contributed by atoms with van der Waals surface area (Å²) < 4.78 is 5.96. The molecule has 0 fully saturated rings. The number of nitrogens with zero attached hydrogens (tertiary/aromatic N) is 1. The summed E-state index contributed by atoms with van der Waals surface area (Å²) in [5.41, 5.74) is 4.80. The normalized spacial score (nSPS) is 11.0. The molecule has 0 aliphatic rings. The Labute approximate surface area is 120 Å². The molecule has 0 radical (unpaired) electrons.